The van der Waals surface area contributed by atoms with Gasteiger partial charge in [0.05, 0.1) is 5.92 Å². The van der Waals surface area contributed by atoms with E-state index < -0.39 is 5.97 Å². The summed E-state index contributed by atoms with van der Waals surface area (Å²) in [6.07, 6.45) is 0. The summed E-state index contributed by atoms with van der Waals surface area (Å²) in [5.74, 6) is -0.619. The molecule has 2 bridgehead atoms. The number of ether oxygens (including phenoxy) is 2. The van der Waals surface area contributed by atoms with E-state index in [0.29, 0.717) is 22.3 Å². The van der Waals surface area contributed by atoms with E-state index >= 15 is 0 Å². The second-order valence-electron chi connectivity index (χ2n) is 4.38. The molecule has 0 unspecified atom stereocenters. The number of carbonyl (C=O) groups excluding carboxylic acids is 2. The summed E-state index contributed by atoms with van der Waals surface area (Å²) >= 11 is 0. The van der Waals surface area contributed by atoms with Crippen LogP contribution in [0.5, 0.6) is 11.5 Å². The van der Waals surface area contributed by atoms with Crippen molar-refractivity contribution in [1.29, 1.82) is 0 Å². The molecule has 0 saturated carbocycles. The molecule has 0 spiro atoms. The lowest BCUT2D eigenvalue weighted by Crippen LogP contribution is -2.14. The fourth-order valence-electron chi connectivity index (χ4n) is 1.89. The molecule has 0 aromatic carbocycles. The summed E-state index contributed by atoms with van der Waals surface area (Å²) in [6.45, 7) is 5.20. The molecule has 88 valence electrons. The van der Waals surface area contributed by atoms with E-state index in [2.05, 4.69) is 0 Å². The molecule has 1 aliphatic heterocycles. The Morgan fingerprint density at radius 1 is 1.29 bits per heavy atom. The first-order valence-corrected chi connectivity index (χ1v) is 5.33. The minimum atomic E-state index is -0.446. The predicted molar refractivity (Wildman–Crippen MR) is 57.6 cm³/mol. The first-order valence-electron chi connectivity index (χ1n) is 5.33. The van der Waals surface area contributed by atoms with Crippen LogP contribution in [0.15, 0.2) is 4.42 Å². The molecule has 17 heavy (non-hydrogen) atoms. The van der Waals surface area contributed by atoms with Gasteiger partial charge in [0, 0.05) is 5.56 Å². The Balaban J connectivity index is 2.10. The van der Waals surface area contributed by atoms with Gasteiger partial charge in [-0.05, 0) is 6.92 Å². The van der Waals surface area contributed by atoms with Gasteiger partial charge in [-0.2, -0.15) is 0 Å². The number of hydrogen-bond acceptors (Lipinski definition) is 5. The van der Waals surface area contributed by atoms with Crippen molar-refractivity contribution < 1.29 is 23.5 Å². The van der Waals surface area contributed by atoms with Crippen LogP contribution in [0.4, 0.5) is 0 Å². The second kappa shape index (κ2) is 3.00. The summed E-state index contributed by atoms with van der Waals surface area (Å²) in [5, 5.41) is 0. The summed E-state index contributed by atoms with van der Waals surface area (Å²) in [5.41, 5.74) is 1.91. The SMILES string of the molecule is Cc1c2c3oc1c(OC(=O)C(C)C)c3OC2=O. The highest BCUT2D eigenvalue weighted by atomic mass is 16.6. The lowest BCUT2D eigenvalue weighted by Gasteiger charge is -2.05. The van der Waals surface area contributed by atoms with Gasteiger partial charge in [-0.25, -0.2) is 4.79 Å². The molecule has 3 rings (SSSR count). The Kier molecular flexibility index (Phi) is 1.79. The molecule has 3 heterocycles. The van der Waals surface area contributed by atoms with Gasteiger partial charge >= 0.3 is 11.9 Å². The number of carbonyl (C=O) groups is 2. The standard InChI is InChI=1S/C12H10O5/c1-4(2)11(13)16-9-7-5(3)6-8(15-7)10(9)17-12(6)14/h4H,1-3H3. The van der Waals surface area contributed by atoms with Crippen LogP contribution in [-0.4, -0.2) is 11.9 Å². The van der Waals surface area contributed by atoms with Gasteiger partial charge in [-0.1, -0.05) is 13.8 Å². The third-order valence-corrected chi connectivity index (χ3v) is 2.84. The van der Waals surface area contributed by atoms with Crippen LogP contribution in [0.3, 0.4) is 0 Å². The monoisotopic (exact) mass is 234 g/mol. The normalized spacial score (nSPS) is 13.8. The van der Waals surface area contributed by atoms with Crippen LogP contribution in [0.2, 0.25) is 0 Å². The number of furan rings is 2. The lowest BCUT2D eigenvalue weighted by atomic mass is 10.1. The van der Waals surface area contributed by atoms with Crippen LogP contribution < -0.4 is 9.47 Å². The van der Waals surface area contributed by atoms with Crippen LogP contribution >= 0.6 is 0 Å². The maximum absolute atomic E-state index is 11.5. The highest BCUT2D eigenvalue weighted by Crippen LogP contribution is 2.51. The third-order valence-electron chi connectivity index (χ3n) is 2.84. The van der Waals surface area contributed by atoms with Crippen molar-refractivity contribution in [3.8, 4) is 11.5 Å². The summed E-state index contributed by atoms with van der Waals surface area (Å²) in [4.78, 5) is 23.0. The van der Waals surface area contributed by atoms with E-state index in [1.54, 1.807) is 20.8 Å². The summed E-state index contributed by atoms with van der Waals surface area (Å²) < 4.78 is 15.6. The van der Waals surface area contributed by atoms with Gasteiger partial charge in [0.25, 0.3) is 0 Å². The van der Waals surface area contributed by atoms with E-state index in [1.165, 1.54) is 0 Å². The molecule has 0 saturated heterocycles. The number of hydrogen-bond donors (Lipinski definition) is 0. The van der Waals surface area contributed by atoms with Gasteiger partial charge in [-0.15, -0.1) is 0 Å². The minimum absolute atomic E-state index is 0.228. The number of aryl methyl sites for hydroxylation is 1. The molecule has 0 N–H and O–H groups in total. The maximum Gasteiger partial charge on any atom is 0.348 e. The number of esters is 2. The zero-order chi connectivity index (χ0) is 12.3. The Morgan fingerprint density at radius 2 is 2.00 bits per heavy atom. The van der Waals surface area contributed by atoms with Crippen LogP contribution in [-0.2, 0) is 4.79 Å². The molecule has 0 radical (unpaired) electrons. The quantitative estimate of drug-likeness (QED) is 0.589. The Hall–Kier alpha value is -2.04. The zero-order valence-corrected chi connectivity index (χ0v) is 9.62. The highest BCUT2D eigenvalue weighted by Gasteiger charge is 2.39. The molecule has 1 aliphatic rings. The van der Waals surface area contributed by atoms with Crippen molar-refractivity contribution in [2.75, 3.05) is 0 Å². The molecular formula is C12H10O5. The smallest absolute Gasteiger partial charge is 0.348 e. The van der Waals surface area contributed by atoms with E-state index in [1.807, 2.05) is 0 Å². The Bertz CT molecular complexity index is 634. The number of rotatable bonds is 2. The minimum Gasteiger partial charge on any atom is -0.448 e. The van der Waals surface area contributed by atoms with Crippen molar-refractivity contribution in [3.05, 3.63) is 11.1 Å². The Labute approximate surface area is 96.6 Å². The summed E-state index contributed by atoms with van der Waals surface area (Å²) in [7, 11) is 0. The molecule has 0 amide bonds. The lowest BCUT2D eigenvalue weighted by molar-refractivity contribution is -0.137. The van der Waals surface area contributed by atoms with Gasteiger partial charge in [0.15, 0.2) is 11.2 Å². The van der Waals surface area contributed by atoms with Crippen LogP contribution in [0, 0.1) is 12.8 Å². The topological polar surface area (TPSA) is 65.7 Å². The molecule has 5 nitrogen and oxygen atoms in total. The third kappa shape index (κ3) is 1.13. The van der Waals surface area contributed by atoms with Crippen molar-refractivity contribution in [1.82, 2.24) is 0 Å². The highest BCUT2D eigenvalue weighted by molar-refractivity contribution is 6.12. The fraction of sp³-hybridized carbons (Fsp3) is 0.333. The predicted octanol–water partition coefficient (Wildman–Crippen LogP) is 2.27. The molecule has 2 aromatic heterocycles. The molecule has 5 heteroatoms. The largest absolute Gasteiger partial charge is 0.448 e. The van der Waals surface area contributed by atoms with Crippen LogP contribution in [0.1, 0.15) is 29.8 Å². The van der Waals surface area contributed by atoms with E-state index in [9.17, 15) is 9.59 Å². The molecule has 0 atom stereocenters. The molecular weight excluding hydrogens is 224 g/mol. The van der Waals surface area contributed by atoms with Crippen molar-refractivity contribution >= 4 is 23.1 Å². The molecule has 0 aliphatic carbocycles. The van der Waals surface area contributed by atoms with Gasteiger partial charge < -0.3 is 13.9 Å². The maximum atomic E-state index is 11.5. The average molecular weight is 234 g/mol. The van der Waals surface area contributed by atoms with Crippen molar-refractivity contribution in [2.45, 2.75) is 20.8 Å². The van der Waals surface area contributed by atoms with Crippen molar-refractivity contribution in [3.63, 3.8) is 0 Å². The number of fused-ring (bicyclic) bond motifs is 1. The second-order valence-corrected chi connectivity index (χ2v) is 4.38. The van der Waals surface area contributed by atoms with Gasteiger partial charge in [0.2, 0.25) is 11.5 Å². The van der Waals surface area contributed by atoms with E-state index in [4.69, 9.17) is 13.9 Å². The van der Waals surface area contributed by atoms with Crippen LogP contribution in [0.25, 0.3) is 11.2 Å². The zero-order valence-electron chi connectivity index (χ0n) is 9.62. The molecule has 2 aromatic rings. The Morgan fingerprint density at radius 3 is 2.65 bits per heavy atom. The first kappa shape index (κ1) is 10.1. The van der Waals surface area contributed by atoms with E-state index in [0.717, 1.165) is 0 Å². The summed E-state index contributed by atoms with van der Waals surface area (Å²) in [6, 6.07) is 0. The first-order chi connectivity index (χ1) is 8.00. The van der Waals surface area contributed by atoms with Gasteiger partial charge in [0.1, 0.15) is 5.56 Å². The van der Waals surface area contributed by atoms with E-state index in [-0.39, 0.29) is 23.4 Å². The van der Waals surface area contributed by atoms with Gasteiger partial charge in [-0.3, -0.25) is 4.79 Å². The average Bonchev–Trinajstić information content (AvgIpc) is 2.82. The molecule has 0 fully saturated rings. The van der Waals surface area contributed by atoms with Crippen molar-refractivity contribution in [2.24, 2.45) is 5.92 Å². The fourth-order valence-corrected chi connectivity index (χ4v) is 1.89. The number of benzene rings is 1.